The summed E-state index contributed by atoms with van der Waals surface area (Å²) >= 11 is 0. The molecular formula is C25H30N2O5S. The van der Waals surface area contributed by atoms with Gasteiger partial charge in [-0.05, 0) is 53.4 Å². The van der Waals surface area contributed by atoms with Crippen LogP contribution in [-0.4, -0.2) is 58.1 Å². The summed E-state index contributed by atoms with van der Waals surface area (Å²) in [5, 5.41) is 1.74. The molecule has 1 aliphatic heterocycles. The van der Waals surface area contributed by atoms with Gasteiger partial charge < -0.3 is 14.4 Å². The van der Waals surface area contributed by atoms with Crippen LogP contribution < -0.4 is 9.47 Å². The van der Waals surface area contributed by atoms with E-state index in [2.05, 4.69) is 23.0 Å². The fourth-order valence-electron chi connectivity index (χ4n) is 3.67. The number of rotatable bonds is 6. The van der Waals surface area contributed by atoms with Crippen molar-refractivity contribution >= 4 is 26.7 Å². The maximum Gasteiger partial charge on any atom is 0.294 e. The molecule has 0 atom stereocenters. The monoisotopic (exact) mass is 470 g/mol. The molecule has 0 aromatic heterocycles. The first-order valence-corrected chi connectivity index (χ1v) is 12.2. The van der Waals surface area contributed by atoms with Crippen molar-refractivity contribution in [2.75, 3.05) is 34.4 Å². The number of ether oxygens (including phenoxy) is 2. The number of benzene rings is 3. The summed E-state index contributed by atoms with van der Waals surface area (Å²) in [5.74, 6) is 2.79. The summed E-state index contributed by atoms with van der Waals surface area (Å²) in [6.45, 7) is 1.96. The summed E-state index contributed by atoms with van der Waals surface area (Å²) in [7, 11) is 1.33. The highest BCUT2D eigenvalue weighted by atomic mass is 32.2. The summed E-state index contributed by atoms with van der Waals surface area (Å²) in [4.78, 5) is 6.84. The summed E-state index contributed by atoms with van der Waals surface area (Å²) in [5.41, 5.74) is 1.22. The third-order valence-electron chi connectivity index (χ3n) is 5.50. The van der Waals surface area contributed by atoms with Crippen LogP contribution in [0.5, 0.6) is 11.5 Å². The minimum atomic E-state index is -4.09. The number of aliphatic imine (C=N–C) groups is 1. The average Bonchev–Trinajstić information content (AvgIpc) is 3.23. The Bertz CT molecular complexity index is 1220. The molecule has 176 valence electrons. The number of amidine groups is 1. The molecular weight excluding hydrogens is 440 g/mol. The number of nitrogens with zero attached hydrogens (tertiary/aromatic N) is 2. The second kappa shape index (κ2) is 11.2. The fourth-order valence-corrected chi connectivity index (χ4v) is 4.19. The molecule has 0 saturated carbocycles. The Balaban J connectivity index is 0.000000194. The molecule has 0 spiro atoms. The maximum atomic E-state index is 10.8. The average molecular weight is 471 g/mol. The summed E-state index contributed by atoms with van der Waals surface area (Å²) < 4.78 is 41.0. The van der Waals surface area contributed by atoms with Gasteiger partial charge in [0, 0.05) is 26.6 Å². The van der Waals surface area contributed by atoms with Crippen molar-refractivity contribution in [2.45, 2.75) is 24.2 Å². The first-order chi connectivity index (χ1) is 15.8. The van der Waals surface area contributed by atoms with Gasteiger partial charge in [0.05, 0.1) is 25.0 Å². The van der Waals surface area contributed by atoms with Gasteiger partial charge in [0.1, 0.15) is 0 Å². The van der Waals surface area contributed by atoms with Crippen LogP contribution in [-0.2, 0) is 16.5 Å². The fraction of sp³-hybridized carbons (Fsp3) is 0.320. The molecule has 0 unspecified atom stereocenters. The third-order valence-corrected chi connectivity index (χ3v) is 6.35. The normalized spacial score (nSPS) is 14.8. The molecule has 1 aliphatic rings. The van der Waals surface area contributed by atoms with Crippen LogP contribution in [0, 0.1) is 0 Å². The van der Waals surface area contributed by atoms with E-state index in [9.17, 15) is 8.42 Å². The highest BCUT2D eigenvalue weighted by Crippen LogP contribution is 2.27. The lowest BCUT2D eigenvalue weighted by molar-refractivity contribution is 0.354. The Morgan fingerprint density at radius 1 is 0.970 bits per heavy atom. The smallest absolute Gasteiger partial charge is 0.294 e. The third kappa shape index (κ3) is 6.69. The summed E-state index contributed by atoms with van der Waals surface area (Å²) in [6.07, 6.45) is 3.27. The Hall–Kier alpha value is -3.10. The zero-order valence-electron chi connectivity index (χ0n) is 19.2. The molecule has 0 amide bonds. The highest BCUT2D eigenvalue weighted by Gasteiger charge is 2.13. The second-order valence-corrected chi connectivity index (χ2v) is 9.17. The van der Waals surface area contributed by atoms with Gasteiger partial charge in [-0.25, -0.2) is 0 Å². The largest absolute Gasteiger partial charge is 0.493 e. The van der Waals surface area contributed by atoms with Gasteiger partial charge in [0.25, 0.3) is 10.1 Å². The van der Waals surface area contributed by atoms with Crippen LogP contribution in [0.3, 0.4) is 0 Å². The molecule has 1 fully saturated rings. The quantitative estimate of drug-likeness (QED) is 0.535. The van der Waals surface area contributed by atoms with Crippen LogP contribution >= 0.6 is 0 Å². The second-order valence-electron chi connectivity index (χ2n) is 7.75. The van der Waals surface area contributed by atoms with E-state index < -0.39 is 10.1 Å². The predicted octanol–water partition coefficient (Wildman–Crippen LogP) is 4.46. The molecule has 4 rings (SSSR count). The van der Waals surface area contributed by atoms with Crippen molar-refractivity contribution < 1.29 is 22.4 Å². The first kappa shape index (κ1) is 24.5. The van der Waals surface area contributed by atoms with Gasteiger partial charge >= 0.3 is 0 Å². The molecule has 1 heterocycles. The summed E-state index contributed by atoms with van der Waals surface area (Å²) in [6, 6.07) is 17.9. The van der Waals surface area contributed by atoms with Gasteiger partial charge in [0.2, 0.25) is 0 Å². The van der Waals surface area contributed by atoms with Gasteiger partial charge in [-0.15, -0.1) is 0 Å². The number of methoxy groups -OCH3 is 2. The number of likely N-dealkylation sites (tertiary alicyclic amines) is 1. The van der Waals surface area contributed by atoms with E-state index in [1.54, 1.807) is 26.4 Å². The Kier molecular flexibility index (Phi) is 8.30. The molecule has 8 heteroatoms. The van der Waals surface area contributed by atoms with E-state index in [4.69, 9.17) is 14.0 Å². The Morgan fingerprint density at radius 3 is 2.33 bits per heavy atom. The molecule has 3 aromatic rings. The minimum absolute atomic E-state index is 0.0730. The first-order valence-electron chi connectivity index (χ1n) is 10.7. The Labute approximate surface area is 195 Å². The zero-order chi connectivity index (χ0) is 23.8. The molecule has 7 nitrogen and oxygen atoms in total. The molecule has 33 heavy (non-hydrogen) atoms. The van der Waals surface area contributed by atoms with Gasteiger partial charge in [-0.1, -0.05) is 36.4 Å². The van der Waals surface area contributed by atoms with Crippen molar-refractivity contribution in [2.24, 2.45) is 4.99 Å². The van der Waals surface area contributed by atoms with Gasteiger partial charge in [0.15, 0.2) is 11.5 Å². The lowest BCUT2D eigenvalue weighted by Crippen LogP contribution is -2.19. The van der Waals surface area contributed by atoms with Crippen LogP contribution in [0.4, 0.5) is 0 Å². The lowest BCUT2D eigenvalue weighted by Gasteiger charge is -2.11. The topological polar surface area (TPSA) is 88.4 Å². The highest BCUT2D eigenvalue weighted by molar-refractivity contribution is 7.85. The van der Waals surface area contributed by atoms with Gasteiger partial charge in [-0.3, -0.25) is 9.55 Å². The van der Waals surface area contributed by atoms with E-state index in [0.717, 1.165) is 48.2 Å². The van der Waals surface area contributed by atoms with E-state index in [0.29, 0.717) is 0 Å². The maximum absolute atomic E-state index is 10.8. The van der Waals surface area contributed by atoms with E-state index in [1.807, 2.05) is 30.3 Å². The van der Waals surface area contributed by atoms with Crippen molar-refractivity contribution in [3.8, 4) is 11.5 Å². The standard InChI is InChI=1S/C15H22N2O2.C10H8O3S/c1-17-10-4-5-15(17)16-9-8-12-6-7-13(18-2)14(11-12)19-3;11-14(12,13)10-6-5-8-3-1-2-4-9(8)7-10/h6-7,11H,4-5,8-10H2,1-3H3;1-7H,(H,11,12,13). The van der Waals surface area contributed by atoms with Crippen molar-refractivity contribution in [1.29, 1.82) is 0 Å². The molecule has 0 bridgehead atoms. The van der Waals surface area contributed by atoms with Crippen LogP contribution in [0.25, 0.3) is 10.8 Å². The molecule has 3 aromatic carbocycles. The number of hydrogen-bond donors (Lipinski definition) is 1. The van der Waals surface area contributed by atoms with E-state index >= 15 is 0 Å². The number of hydrogen-bond acceptors (Lipinski definition) is 5. The van der Waals surface area contributed by atoms with E-state index in [-0.39, 0.29) is 4.90 Å². The van der Waals surface area contributed by atoms with Gasteiger partial charge in [-0.2, -0.15) is 8.42 Å². The Morgan fingerprint density at radius 2 is 1.70 bits per heavy atom. The van der Waals surface area contributed by atoms with Crippen molar-refractivity contribution in [3.05, 3.63) is 66.2 Å². The molecule has 1 saturated heterocycles. The predicted molar refractivity (Wildman–Crippen MR) is 131 cm³/mol. The number of fused-ring (bicyclic) bond motifs is 1. The molecule has 0 aliphatic carbocycles. The molecule has 1 N–H and O–H groups in total. The van der Waals surface area contributed by atoms with Crippen molar-refractivity contribution in [3.63, 3.8) is 0 Å². The van der Waals surface area contributed by atoms with Crippen LogP contribution in [0.2, 0.25) is 0 Å². The van der Waals surface area contributed by atoms with Crippen LogP contribution in [0.15, 0.2) is 70.6 Å². The minimum Gasteiger partial charge on any atom is -0.493 e. The van der Waals surface area contributed by atoms with Crippen LogP contribution in [0.1, 0.15) is 18.4 Å². The lowest BCUT2D eigenvalue weighted by atomic mass is 10.1. The molecule has 0 radical (unpaired) electrons. The zero-order valence-corrected chi connectivity index (χ0v) is 20.0. The van der Waals surface area contributed by atoms with Crippen molar-refractivity contribution in [1.82, 2.24) is 4.90 Å². The SMILES string of the molecule is COc1ccc(CCN=C2CCCN2C)cc1OC.O=S(=O)(O)c1ccc2ccccc2c1. The van der Waals surface area contributed by atoms with E-state index in [1.165, 1.54) is 30.0 Å².